The van der Waals surface area contributed by atoms with E-state index in [-0.39, 0.29) is 0 Å². The third-order valence-electron chi connectivity index (χ3n) is 2.81. The first-order valence-corrected chi connectivity index (χ1v) is 6.42. The molecule has 96 valence electrons. The van der Waals surface area contributed by atoms with Crippen LogP contribution in [0.15, 0.2) is 30.3 Å². The molecule has 0 fully saturated rings. The van der Waals surface area contributed by atoms with Gasteiger partial charge in [0.1, 0.15) is 0 Å². The molecule has 1 aromatic rings. The van der Waals surface area contributed by atoms with Crippen molar-refractivity contribution < 1.29 is 5.11 Å². The molecular weight excluding hydrogens is 212 g/mol. The number of para-hydroxylation sites is 1. The van der Waals surface area contributed by atoms with Crippen LogP contribution >= 0.6 is 0 Å². The van der Waals surface area contributed by atoms with Crippen LogP contribution in [0.5, 0.6) is 0 Å². The van der Waals surface area contributed by atoms with Crippen LogP contribution in [0.4, 0.5) is 5.69 Å². The van der Waals surface area contributed by atoms with Crippen LogP contribution in [0.2, 0.25) is 0 Å². The Balaban J connectivity index is 2.03. The zero-order valence-corrected chi connectivity index (χ0v) is 10.7. The van der Waals surface area contributed by atoms with Crippen molar-refractivity contribution in [2.45, 2.75) is 19.3 Å². The highest BCUT2D eigenvalue weighted by Crippen LogP contribution is 2.10. The minimum atomic E-state index is 0.304. The van der Waals surface area contributed by atoms with Crippen molar-refractivity contribution in [2.24, 2.45) is 0 Å². The Morgan fingerprint density at radius 1 is 1.06 bits per heavy atom. The molecule has 1 rings (SSSR count). The highest BCUT2D eigenvalue weighted by atomic mass is 16.2. The molecule has 3 nitrogen and oxygen atoms in total. The Labute approximate surface area is 104 Å². The van der Waals surface area contributed by atoms with Crippen LogP contribution < -0.4 is 10.2 Å². The van der Waals surface area contributed by atoms with Gasteiger partial charge in [0.2, 0.25) is 0 Å². The van der Waals surface area contributed by atoms with E-state index < -0.39 is 0 Å². The summed E-state index contributed by atoms with van der Waals surface area (Å²) in [5.74, 6) is 0. The Kier molecular flexibility index (Phi) is 7.43. The number of nitrogens with zero attached hydrogens (tertiary/aromatic N) is 1. The fourth-order valence-corrected chi connectivity index (χ4v) is 1.74. The lowest BCUT2D eigenvalue weighted by molar-refractivity contribution is 0.283. The summed E-state index contributed by atoms with van der Waals surface area (Å²) in [4.78, 5) is 2.27. The number of rotatable bonds is 9. The predicted octanol–water partition coefficient (Wildman–Crippen LogP) is 1.87. The van der Waals surface area contributed by atoms with Crippen molar-refractivity contribution in [2.75, 3.05) is 38.2 Å². The number of hydrogen-bond acceptors (Lipinski definition) is 3. The summed E-state index contributed by atoms with van der Waals surface area (Å²) < 4.78 is 0. The molecule has 0 saturated heterocycles. The van der Waals surface area contributed by atoms with Crippen LogP contribution in [-0.4, -0.2) is 38.4 Å². The number of anilines is 1. The third-order valence-corrected chi connectivity index (χ3v) is 2.81. The maximum absolute atomic E-state index is 8.63. The summed E-state index contributed by atoms with van der Waals surface area (Å²) >= 11 is 0. The molecule has 0 saturated carbocycles. The lowest BCUT2D eigenvalue weighted by Crippen LogP contribution is -2.24. The second-order valence-corrected chi connectivity index (χ2v) is 4.29. The van der Waals surface area contributed by atoms with Gasteiger partial charge in [-0.25, -0.2) is 0 Å². The van der Waals surface area contributed by atoms with Crippen LogP contribution in [0.3, 0.4) is 0 Å². The number of hydrogen-bond donors (Lipinski definition) is 2. The van der Waals surface area contributed by atoms with Gasteiger partial charge in [0.05, 0.1) is 0 Å². The third kappa shape index (κ3) is 6.29. The van der Waals surface area contributed by atoms with Crippen LogP contribution in [0.25, 0.3) is 0 Å². The second-order valence-electron chi connectivity index (χ2n) is 4.29. The number of aliphatic hydroxyl groups is 1. The zero-order chi connectivity index (χ0) is 12.3. The summed E-state index contributed by atoms with van der Waals surface area (Å²) in [7, 11) is 2.13. The van der Waals surface area contributed by atoms with Gasteiger partial charge in [-0.3, -0.25) is 0 Å². The minimum Gasteiger partial charge on any atom is -0.396 e. The van der Waals surface area contributed by atoms with E-state index in [0.717, 1.165) is 38.9 Å². The number of unbranched alkanes of at least 4 members (excludes halogenated alkanes) is 1. The topological polar surface area (TPSA) is 35.5 Å². The van der Waals surface area contributed by atoms with E-state index >= 15 is 0 Å². The van der Waals surface area contributed by atoms with Gasteiger partial charge in [0, 0.05) is 25.9 Å². The smallest absolute Gasteiger partial charge is 0.0431 e. The summed E-state index contributed by atoms with van der Waals surface area (Å²) in [6.07, 6.45) is 3.10. The fraction of sp³-hybridized carbons (Fsp3) is 0.571. The maximum atomic E-state index is 8.63. The van der Waals surface area contributed by atoms with Gasteiger partial charge in [0.25, 0.3) is 0 Å². The minimum absolute atomic E-state index is 0.304. The van der Waals surface area contributed by atoms with Gasteiger partial charge in [0.15, 0.2) is 0 Å². The van der Waals surface area contributed by atoms with Crippen molar-refractivity contribution in [3.05, 3.63) is 30.3 Å². The number of benzene rings is 1. The molecule has 0 heterocycles. The summed E-state index contributed by atoms with van der Waals surface area (Å²) in [6.45, 7) is 3.42. The molecule has 0 aliphatic heterocycles. The Morgan fingerprint density at radius 3 is 2.47 bits per heavy atom. The first-order chi connectivity index (χ1) is 8.34. The molecular formula is C14H24N2O. The number of aliphatic hydroxyl groups excluding tert-OH is 1. The van der Waals surface area contributed by atoms with Crippen molar-refractivity contribution in [1.82, 2.24) is 5.32 Å². The second kappa shape index (κ2) is 9.02. The molecule has 2 N–H and O–H groups in total. The van der Waals surface area contributed by atoms with Gasteiger partial charge in [-0.2, -0.15) is 0 Å². The van der Waals surface area contributed by atoms with Gasteiger partial charge in [-0.15, -0.1) is 0 Å². The van der Waals surface area contributed by atoms with Crippen molar-refractivity contribution >= 4 is 5.69 Å². The zero-order valence-electron chi connectivity index (χ0n) is 10.7. The van der Waals surface area contributed by atoms with Gasteiger partial charge in [-0.05, 0) is 44.5 Å². The molecule has 0 aliphatic carbocycles. The van der Waals surface area contributed by atoms with E-state index in [1.807, 2.05) is 6.07 Å². The van der Waals surface area contributed by atoms with Crippen molar-refractivity contribution in [1.29, 1.82) is 0 Å². The fourth-order valence-electron chi connectivity index (χ4n) is 1.74. The highest BCUT2D eigenvalue weighted by Gasteiger charge is 1.98. The molecule has 1 aromatic carbocycles. The molecule has 0 amide bonds. The van der Waals surface area contributed by atoms with E-state index in [1.54, 1.807) is 0 Å². The average Bonchev–Trinajstić information content (AvgIpc) is 2.38. The monoisotopic (exact) mass is 236 g/mol. The Bertz CT molecular complexity index is 277. The molecule has 17 heavy (non-hydrogen) atoms. The summed E-state index contributed by atoms with van der Waals surface area (Å²) in [5, 5.41) is 12.0. The van der Waals surface area contributed by atoms with Crippen LogP contribution in [0, 0.1) is 0 Å². The van der Waals surface area contributed by atoms with Crippen LogP contribution in [0.1, 0.15) is 19.3 Å². The first-order valence-electron chi connectivity index (χ1n) is 6.42. The first kappa shape index (κ1) is 14.0. The normalized spacial score (nSPS) is 10.5. The van der Waals surface area contributed by atoms with Gasteiger partial charge >= 0.3 is 0 Å². The SMILES string of the molecule is CN(CCCNCCCCO)c1ccccc1. The quantitative estimate of drug-likeness (QED) is 0.643. The summed E-state index contributed by atoms with van der Waals surface area (Å²) in [6, 6.07) is 10.4. The van der Waals surface area contributed by atoms with E-state index in [1.165, 1.54) is 5.69 Å². The van der Waals surface area contributed by atoms with Crippen molar-refractivity contribution in [3.8, 4) is 0 Å². The molecule has 0 bridgehead atoms. The summed E-state index contributed by atoms with van der Waals surface area (Å²) in [5.41, 5.74) is 1.27. The van der Waals surface area contributed by atoms with Crippen LogP contribution in [-0.2, 0) is 0 Å². The van der Waals surface area contributed by atoms with Gasteiger partial charge in [-0.1, -0.05) is 18.2 Å². The molecule has 3 heteroatoms. The van der Waals surface area contributed by atoms with Crippen molar-refractivity contribution in [3.63, 3.8) is 0 Å². The molecule has 0 aromatic heterocycles. The highest BCUT2D eigenvalue weighted by molar-refractivity contribution is 5.44. The number of nitrogens with one attached hydrogen (secondary N) is 1. The van der Waals surface area contributed by atoms with E-state index in [9.17, 15) is 0 Å². The standard InChI is InChI=1S/C14H24N2O/c1-16(14-8-3-2-4-9-14)12-7-11-15-10-5-6-13-17/h2-4,8-9,15,17H,5-7,10-13H2,1H3. The predicted molar refractivity (Wildman–Crippen MR) is 73.5 cm³/mol. The average molecular weight is 236 g/mol. The van der Waals surface area contributed by atoms with E-state index in [0.29, 0.717) is 6.61 Å². The molecule has 0 atom stereocenters. The maximum Gasteiger partial charge on any atom is 0.0431 e. The molecule has 0 unspecified atom stereocenters. The molecule has 0 aliphatic rings. The van der Waals surface area contributed by atoms with E-state index in [4.69, 9.17) is 5.11 Å². The lowest BCUT2D eigenvalue weighted by atomic mass is 10.3. The Morgan fingerprint density at radius 2 is 1.76 bits per heavy atom. The Hall–Kier alpha value is -1.06. The lowest BCUT2D eigenvalue weighted by Gasteiger charge is -2.19. The van der Waals surface area contributed by atoms with E-state index in [2.05, 4.69) is 41.5 Å². The van der Waals surface area contributed by atoms with Gasteiger partial charge < -0.3 is 15.3 Å². The molecule has 0 radical (unpaired) electrons. The molecule has 0 spiro atoms. The largest absolute Gasteiger partial charge is 0.396 e.